The van der Waals surface area contributed by atoms with Crippen LogP contribution in [-0.2, 0) is 16.6 Å². The van der Waals surface area contributed by atoms with Gasteiger partial charge in [0.15, 0.2) is 0 Å². The third-order valence-corrected chi connectivity index (χ3v) is 4.23. The Morgan fingerprint density at radius 2 is 1.95 bits per heavy atom. The van der Waals surface area contributed by atoms with E-state index in [0.717, 1.165) is 0 Å². The molecule has 0 unspecified atom stereocenters. The van der Waals surface area contributed by atoms with Gasteiger partial charge in [-0.25, -0.2) is 8.42 Å². The van der Waals surface area contributed by atoms with Gasteiger partial charge in [-0.05, 0) is 35.9 Å². The van der Waals surface area contributed by atoms with Crippen molar-refractivity contribution in [2.24, 2.45) is 0 Å². The Labute approximate surface area is 117 Å². The normalized spacial score (nSPS) is 11.6. The summed E-state index contributed by atoms with van der Waals surface area (Å²) in [5.74, 6) is 0.542. The van der Waals surface area contributed by atoms with E-state index in [4.69, 9.17) is 4.74 Å². The van der Waals surface area contributed by atoms with Crippen molar-refractivity contribution in [1.82, 2.24) is 9.45 Å². The molecule has 0 aliphatic carbocycles. The Morgan fingerprint density at radius 1 is 1.25 bits per heavy atom. The Balaban J connectivity index is 2.20. The highest BCUT2D eigenvalue weighted by atomic mass is 32.2. The maximum atomic E-state index is 12.2. The molecule has 0 bridgehead atoms. The molecule has 0 spiro atoms. The molecule has 0 saturated heterocycles. The summed E-state index contributed by atoms with van der Waals surface area (Å²) in [5.41, 5.74) is 0.590. The van der Waals surface area contributed by atoms with Gasteiger partial charge < -0.3 is 4.74 Å². The number of sulfonamides is 1. The van der Waals surface area contributed by atoms with Crippen LogP contribution < -0.4 is 4.74 Å². The molecule has 0 fully saturated rings. The second-order valence-electron chi connectivity index (χ2n) is 4.02. The third-order valence-electron chi connectivity index (χ3n) is 2.68. The van der Waals surface area contributed by atoms with Crippen LogP contribution in [-0.4, -0.2) is 30.2 Å². The molecular formula is C13H14N2O4S. The van der Waals surface area contributed by atoms with Gasteiger partial charge in [0.2, 0.25) is 0 Å². The average Bonchev–Trinajstić information content (AvgIpc) is 2.48. The van der Waals surface area contributed by atoms with E-state index in [2.05, 4.69) is 4.98 Å². The van der Waals surface area contributed by atoms with Gasteiger partial charge in [0.1, 0.15) is 5.75 Å². The minimum Gasteiger partial charge on any atom is -0.497 e. The van der Waals surface area contributed by atoms with Gasteiger partial charge in [-0.1, -0.05) is 10.5 Å². The fraction of sp³-hybridized carbons (Fsp3) is 0.154. The molecule has 1 heterocycles. The molecular weight excluding hydrogens is 280 g/mol. The predicted molar refractivity (Wildman–Crippen MR) is 71.7 cm³/mol. The molecule has 2 rings (SSSR count). The number of pyridine rings is 1. The molecule has 2 aromatic rings. The van der Waals surface area contributed by atoms with Crippen molar-refractivity contribution in [2.45, 2.75) is 11.4 Å². The number of hydroxylamine groups is 1. The molecule has 0 aliphatic rings. The first-order valence-corrected chi connectivity index (χ1v) is 7.22. The SMILES string of the molecule is COc1ccc(S(=O)(=O)N(O)Cc2cccnc2)cc1. The molecule has 0 aliphatic heterocycles. The van der Waals surface area contributed by atoms with Crippen LogP contribution in [0.1, 0.15) is 5.56 Å². The lowest BCUT2D eigenvalue weighted by Gasteiger charge is -2.15. The molecule has 106 valence electrons. The molecule has 0 radical (unpaired) electrons. The van der Waals surface area contributed by atoms with Crippen molar-refractivity contribution in [2.75, 3.05) is 7.11 Å². The lowest BCUT2D eigenvalue weighted by atomic mass is 10.3. The fourth-order valence-corrected chi connectivity index (χ4v) is 2.64. The highest BCUT2D eigenvalue weighted by molar-refractivity contribution is 7.89. The zero-order chi connectivity index (χ0) is 14.6. The molecule has 6 nitrogen and oxygen atoms in total. The highest BCUT2D eigenvalue weighted by Gasteiger charge is 2.23. The number of nitrogens with zero attached hydrogens (tertiary/aromatic N) is 2. The second kappa shape index (κ2) is 6.00. The Morgan fingerprint density at radius 3 is 2.50 bits per heavy atom. The summed E-state index contributed by atoms with van der Waals surface area (Å²) in [4.78, 5) is 3.86. The Hall–Kier alpha value is -1.96. The number of aromatic nitrogens is 1. The minimum atomic E-state index is -3.96. The second-order valence-corrected chi connectivity index (χ2v) is 5.87. The number of hydrogen-bond donors (Lipinski definition) is 1. The van der Waals surface area contributed by atoms with Gasteiger partial charge in [-0.3, -0.25) is 10.2 Å². The van der Waals surface area contributed by atoms with E-state index in [9.17, 15) is 13.6 Å². The smallest absolute Gasteiger partial charge is 0.265 e. The van der Waals surface area contributed by atoms with Crippen molar-refractivity contribution in [1.29, 1.82) is 0 Å². The van der Waals surface area contributed by atoms with Gasteiger partial charge in [0, 0.05) is 12.4 Å². The van der Waals surface area contributed by atoms with Crippen LogP contribution in [0, 0.1) is 0 Å². The Bertz CT molecular complexity index is 657. The van der Waals surface area contributed by atoms with E-state index in [0.29, 0.717) is 15.8 Å². The van der Waals surface area contributed by atoms with E-state index in [1.54, 1.807) is 18.3 Å². The molecule has 20 heavy (non-hydrogen) atoms. The zero-order valence-corrected chi connectivity index (χ0v) is 11.6. The largest absolute Gasteiger partial charge is 0.497 e. The highest BCUT2D eigenvalue weighted by Crippen LogP contribution is 2.19. The minimum absolute atomic E-state index is 0.00955. The molecule has 1 aromatic heterocycles. The van der Waals surface area contributed by atoms with Crippen molar-refractivity contribution in [3.8, 4) is 5.75 Å². The van der Waals surface area contributed by atoms with E-state index < -0.39 is 10.0 Å². The third kappa shape index (κ3) is 3.13. The maximum absolute atomic E-state index is 12.2. The summed E-state index contributed by atoms with van der Waals surface area (Å²) in [6.45, 7) is -0.164. The zero-order valence-electron chi connectivity index (χ0n) is 10.8. The lowest BCUT2D eigenvalue weighted by Crippen LogP contribution is -2.27. The monoisotopic (exact) mass is 294 g/mol. The van der Waals surface area contributed by atoms with E-state index >= 15 is 0 Å². The number of hydrogen-bond acceptors (Lipinski definition) is 5. The number of methoxy groups -OCH3 is 1. The van der Waals surface area contributed by atoms with Gasteiger partial charge in [0.05, 0.1) is 18.6 Å². The van der Waals surface area contributed by atoms with Crippen LogP contribution in [0.2, 0.25) is 0 Å². The van der Waals surface area contributed by atoms with Crippen LogP contribution in [0.5, 0.6) is 5.75 Å². The van der Waals surface area contributed by atoms with Crippen molar-refractivity contribution in [3.05, 3.63) is 54.4 Å². The van der Waals surface area contributed by atoms with Crippen LogP contribution in [0.25, 0.3) is 0 Å². The topological polar surface area (TPSA) is 79.7 Å². The van der Waals surface area contributed by atoms with E-state index in [1.807, 2.05) is 0 Å². The van der Waals surface area contributed by atoms with Crippen molar-refractivity contribution >= 4 is 10.0 Å². The molecule has 1 N–H and O–H groups in total. The molecule has 7 heteroatoms. The molecule has 1 aromatic carbocycles. The first-order chi connectivity index (χ1) is 9.54. The first kappa shape index (κ1) is 14.4. The van der Waals surface area contributed by atoms with Gasteiger partial charge in [0.25, 0.3) is 10.0 Å². The van der Waals surface area contributed by atoms with Crippen LogP contribution in [0.3, 0.4) is 0 Å². The van der Waals surface area contributed by atoms with E-state index in [1.165, 1.54) is 37.6 Å². The summed E-state index contributed by atoms with van der Waals surface area (Å²) < 4.78 is 29.6. The maximum Gasteiger partial charge on any atom is 0.265 e. The van der Waals surface area contributed by atoms with Crippen LogP contribution in [0.4, 0.5) is 0 Å². The quantitative estimate of drug-likeness (QED) is 0.849. The predicted octanol–water partition coefficient (Wildman–Crippen LogP) is 1.67. The summed E-state index contributed by atoms with van der Waals surface area (Å²) in [7, 11) is -2.47. The first-order valence-electron chi connectivity index (χ1n) is 5.78. The van der Waals surface area contributed by atoms with Gasteiger partial charge in [-0.15, -0.1) is 0 Å². The molecule has 0 saturated carbocycles. The summed E-state index contributed by atoms with van der Waals surface area (Å²) >= 11 is 0. The molecule has 0 atom stereocenters. The summed E-state index contributed by atoms with van der Waals surface area (Å²) in [6.07, 6.45) is 3.07. The number of ether oxygens (including phenoxy) is 1. The van der Waals surface area contributed by atoms with Gasteiger partial charge in [-0.2, -0.15) is 0 Å². The van der Waals surface area contributed by atoms with Crippen LogP contribution >= 0.6 is 0 Å². The van der Waals surface area contributed by atoms with Crippen LogP contribution in [0.15, 0.2) is 53.7 Å². The molecule has 0 amide bonds. The number of rotatable bonds is 5. The van der Waals surface area contributed by atoms with E-state index in [-0.39, 0.29) is 11.4 Å². The van der Waals surface area contributed by atoms with Crippen molar-refractivity contribution < 1.29 is 18.4 Å². The van der Waals surface area contributed by atoms with Gasteiger partial charge >= 0.3 is 0 Å². The average molecular weight is 294 g/mol. The standard InChI is InChI=1S/C13H14N2O4S/c1-19-12-4-6-13(7-5-12)20(17,18)15(16)10-11-3-2-8-14-9-11/h2-9,16H,10H2,1H3. The summed E-state index contributed by atoms with van der Waals surface area (Å²) in [5, 5.41) is 9.80. The summed E-state index contributed by atoms with van der Waals surface area (Å²) in [6, 6.07) is 9.14. The lowest BCUT2D eigenvalue weighted by molar-refractivity contribution is -0.00482. The fourth-order valence-electron chi connectivity index (χ4n) is 1.60. The van der Waals surface area contributed by atoms with Crippen molar-refractivity contribution in [3.63, 3.8) is 0 Å². The number of benzene rings is 1. The Kier molecular flexibility index (Phi) is 4.33.